The lowest BCUT2D eigenvalue weighted by Crippen LogP contribution is -2.21. The van der Waals surface area contributed by atoms with E-state index in [1.165, 1.54) is 5.01 Å². The predicted octanol–water partition coefficient (Wildman–Crippen LogP) is 5.72. The zero-order chi connectivity index (χ0) is 23.2. The van der Waals surface area contributed by atoms with Gasteiger partial charge in [-0.05, 0) is 55.5 Å². The van der Waals surface area contributed by atoms with E-state index < -0.39 is 0 Å². The Morgan fingerprint density at radius 1 is 0.939 bits per heavy atom. The molecule has 168 valence electrons. The number of anilines is 1. The van der Waals surface area contributed by atoms with Crippen molar-refractivity contribution in [2.45, 2.75) is 6.92 Å². The summed E-state index contributed by atoms with van der Waals surface area (Å²) in [6.07, 6.45) is 1.81. The van der Waals surface area contributed by atoms with Gasteiger partial charge in [0.25, 0.3) is 5.91 Å². The van der Waals surface area contributed by atoms with Crippen LogP contribution in [0.1, 0.15) is 12.5 Å². The molecule has 0 aliphatic carbocycles. The van der Waals surface area contributed by atoms with Crippen LogP contribution in [0.5, 0.6) is 17.2 Å². The Labute approximate surface area is 201 Å². The van der Waals surface area contributed by atoms with Crippen LogP contribution in [0.25, 0.3) is 6.08 Å². The number of carbonyl (C=O) groups is 1. The summed E-state index contributed by atoms with van der Waals surface area (Å²) in [6, 6.07) is 22.5. The molecule has 3 aromatic carbocycles. The van der Waals surface area contributed by atoms with Crippen LogP contribution in [0.2, 0.25) is 0 Å². The van der Waals surface area contributed by atoms with Crippen LogP contribution in [0.4, 0.5) is 5.69 Å². The van der Waals surface area contributed by atoms with Crippen molar-refractivity contribution in [2.24, 2.45) is 5.10 Å². The molecule has 0 bridgehead atoms. The molecule has 1 heterocycles. The number of rotatable bonds is 8. The first-order valence-corrected chi connectivity index (χ1v) is 11.2. The highest BCUT2D eigenvalue weighted by atomic mass is 79.9. The average molecular weight is 507 g/mol. The third-order valence-electron chi connectivity index (χ3n) is 4.99. The molecule has 3 aromatic rings. The number of halogens is 1. The van der Waals surface area contributed by atoms with E-state index in [-0.39, 0.29) is 5.91 Å². The van der Waals surface area contributed by atoms with E-state index in [0.29, 0.717) is 36.0 Å². The molecular formula is C26H23BrN2O4. The first kappa shape index (κ1) is 22.6. The van der Waals surface area contributed by atoms with Crippen molar-refractivity contribution in [3.63, 3.8) is 0 Å². The van der Waals surface area contributed by atoms with Crippen molar-refractivity contribution < 1.29 is 19.0 Å². The number of carbonyl (C=O) groups excluding carboxylic acids is 1. The second kappa shape index (κ2) is 10.4. The lowest BCUT2D eigenvalue weighted by atomic mass is 10.1. The third-order valence-corrected chi connectivity index (χ3v) is 5.48. The van der Waals surface area contributed by atoms with Gasteiger partial charge in [-0.3, -0.25) is 4.79 Å². The monoisotopic (exact) mass is 506 g/mol. The highest BCUT2D eigenvalue weighted by Crippen LogP contribution is 2.29. The van der Waals surface area contributed by atoms with Crippen LogP contribution in [0.3, 0.4) is 0 Å². The number of amides is 1. The maximum Gasteiger partial charge on any atom is 0.280 e. The van der Waals surface area contributed by atoms with Crippen molar-refractivity contribution in [1.82, 2.24) is 0 Å². The van der Waals surface area contributed by atoms with E-state index in [1.54, 1.807) is 7.11 Å². The summed E-state index contributed by atoms with van der Waals surface area (Å²) in [5.41, 5.74) is 2.68. The van der Waals surface area contributed by atoms with Gasteiger partial charge < -0.3 is 14.2 Å². The largest absolute Gasteiger partial charge is 0.497 e. The number of para-hydroxylation sites is 1. The molecular weight excluding hydrogens is 484 g/mol. The molecule has 0 aromatic heterocycles. The van der Waals surface area contributed by atoms with Crippen LogP contribution < -0.4 is 19.2 Å². The summed E-state index contributed by atoms with van der Waals surface area (Å²) < 4.78 is 17.8. The summed E-state index contributed by atoms with van der Waals surface area (Å²) in [5.74, 6) is 1.92. The molecule has 7 heteroatoms. The molecule has 0 atom stereocenters. The fourth-order valence-electron chi connectivity index (χ4n) is 3.35. The highest BCUT2D eigenvalue weighted by molar-refractivity contribution is 9.10. The van der Waals surface area contributed by atoms with Crippen molar-refractivity contribution in [3.05, 3.63) is 88.4 Å². The summed E-state index contributed by atoms with van der Waals surface area (Å²) in [5, 5.41) is 5.86. The van der Waals surface area contributed by atoms with Crippen LogP contribution >= 0.6 is 15.9 Å². The molecule has 0 saturated carbocycles. The second-order valence-electron chi connectivity index (χ2n) is 7.25. The minimum atomic E-state index is -0.175. The van der Waals surface area contributed by atoms with Gasteiger partial charge in [0.05, 0.1) is 24.1 Å². The van der Waals surface area contributed by atoms with Gasteiger partial charge in [0.2, 0.25) is 0 Å². The number of ether oxygens (including phenoxy) is 3. The first-order valence-electron chi connectivity index (χ1n) is 10.4. The van der Waals surface area contributed by atoms with Gasteiger partial charge in [-0.25, -0.2) is 0 Å². The van der Waals surface area contributed by atoms with E-state index in [4.69, 9.17) is 14.2 Å². The number of methoxy groups -OCH3 is 1. The molecule has 1 aliphatic rings. The van der Waals surface area contributed by atoms with Gasteiger partial charge in [0, 0.05) is 16.1 Å². The van der Waals surface area contributed by atoms with E-state index in [2.05, 4.69) is 21.0 Å². The van der Waals surface area contributed by atoms with Gasteiger partial charge in [-0.15, -0.1) is 0 Å². The SMILES string of the molecule is COc1cccc(OCCOc2ccc(Br)cc2/C=C2/C(=O)N(c3ccccc3)N=C2C)c1. The molecule has 0 unspecified atom stereocenters. The Morgan fingerprint density at radius 3 is 2.48 bits per heavy atom. The number of hydrogen-bond donors (Lipinski definition) is 0. The van der Waals surface area contributed by atoms with Gasteiger partial charge in [0.15, 0.2) is 0 Å². The van der Waals surface area contributed by atoms with Crippen LogP contribution in [-0.4, -0.2) is 31.9 Å². The smallest absolute Gasteiger partial charge is 0.280 e. The van der Waals surface area contributed by atoms with Crippen LogP contribution in [0, 0.1) is 0 Å². The predicted molar refractivity (Wildman–Crippen MR) is 133 cm³/mol. The molecule has 33 heavy (non-hydrogen) atoms. The van der Waals surface area contributed by atoms with Crippen molar-refractivity contribution in [2.75, 3.05) is 25.3 Å². The topological polar surface area (TPSA) is 60.4 Å². The zero-order valence-electron chi connectivity index (χ0n) is 18.3. The fraction of sp³-hybridized carbons (Fsp3) is 0.154. The maximum absolute atomic E-state index is 13.0. The Balaban J connectivity index is 1.47. The molecule has 0 N–H and O–H groups in total. The molecule has 0 spiro atoms. The van der Waals surface area contributed by atoms with Gasteiger partial charge in [0.1, 0.15) is 30.5 Å². The Hall–Kier alpha value is -3.58. The molecule has 4 rings (SSSR count). The summed E-state index contributed by atoms with van der Waals surface area (Å²) in [4.78, 5) is 13.0. The normalized spacial score (nSPS) is 14.4. The number of hydrogen-bond acceptors (Lipinski definition) is 5. The minimum absolute atomic E-state index is 0.175. The number of hydrazone groups is 1. The molecule has 1 amide bonds. The van der Waals surface area contributed by atoms with E-state index in [1.807, 2.05) is 85.8 Å². The van der Waals surface area contributed by atoms with Crippen LogP contribution in [0.15, 0.2) is 87.9 Å². The fourth-order valence-corrected chi connectivity index (χ4v) is 3.73. The van der Waals surface area contributed by atoms with Crippen molar-refractivity contribution >= 4 is 39.3 Å². The molecule has 0 saturated heterocycles. The zero-order valence-corrected chi connectivity index (χ0v) is 19.9. The van der Waals surface area contributed by atoms with Gasteiger partial charge >= 0.3 is 0 Å². The second-order valence-corrected chi connectivity index (χ2v) is 8.17. The van der Waals surface area contributed by atoms with Gasteiger partial charge in [-0.1, -0.05) is 40.2 Å². The lowest BCUT2D eigenvalue weighted by molar-refractivity contribution is -0.114. The summed E-state index contributed by atoms with van der Waals surface area (Å²) in [6.45, 7) is 2.53. The van der Waals surface area contributed by atoms with Crippen LogP contribution in [-0.2, 0) is 4.79 Å². The Bertz CT molecular complexity index is 1210. The maximum atomic E-state index is 13.0. The summed E-state index contributed by atoms with van der Waals surface area (Å²) >= 11 is 3.50. The number of nitrogens with zero attached hydrogens (tertiary/aromatic N) is 2. The van der Waals surface area contributed by atoms with Crippen molar-refractivity contribution in [1.29, 1.82) is 0 Å². The van der Waals surface area contributed by atoms with E-state index in [0.717, 1.165) is 21.5 Å². The lowest BCUT2D eigenvalue weighted by Gasteiger charge is -2.13. The Morgan fingerprint density at radius 2 is 1.70 bits per heavy atom. The van der Waals surface area contributed by atoms with E-state index >= 15 is 0 Å². The number of benzene rings is 3. The van der Waals surface area contributed by atoms with Crippen molar-refractivity contribution in [3.8, 4) is 17.2 Å². The highest BCUT2D eigenvalue weighted by Gasteiger charge is 2.28. The molecule has 0 fully saturated rings. The quantitative estimate of drug-likeness (QED) is 0.289. The van der Waals surface area contributed by atoms with Gasteiger partial charge in [-0.2, -0.15) is 10.1 Å². The molecule has 1 aliphatic heterocycles. The molecule has 6 nitrogen and oxygen atoms in total. The minimum Gasteiger partial charge on any atom is -0.497 e. The van der Waals surface area contributed by atoms with E-state index in [9.17, 15) is 4.79 Å². The summed E-state index contributed by atoms with van der Waals surface area (Å²) in [7, 11) is 1.62. The molecule has 0 radical (unpaired) electrons. The average Bonchev–Trinajstić information content (AvgIpc) is 3.12. The first-order chi connectivity index (χ1) is 16.0. The standard InChI is InChI=1S/C26H23BrN2O4/c1-18-24(26(30)29(28-18)21-7-4-3-5-8-21)16-19-15-20(27)11-12-25(19)33-14-13-32-23-10-6-9-22(17-23)31-2/h3-12,15-17H,13-14H2,1-2H3/b24-16+. The Kier molecular flexibility index (Phi) is 7.10. The third kappa shape index (κ3) is 5.43.